The number of halogens is 1. The number of hydrogen-bond donors (Lipinski definition) is 1. The first-order valence-electron chi connectivity index (χ1n) is 7.98. The Morgan fingerprint density at radius 2 is 2.00 bits per heavy atom. The molecular formula is C19H22ClNO2S. The fourth-order valence-corrected chi connectivity index (χ4v) is 3.06. The van der Waals surface area contributed by atoms with E-state index < -0.39 is 6.10 Å². The van der Waals surface area contributed by atoms with Gasteiger partial charge in [0.05, 0.1) is 0 Å². The molecule has 0 aromatic heterocycles. The molecule has 1 unspecified atom stereocenters. The lowest BCUT2D eigenvalue weighted by molar-refractivity contribution is -0.127. The summed E-state index contributed by atoms with van der Waals surface area (Å²) in [6.07, 6.45) is 0.117. The summed E-state index contributed by atoms with van der Waals surface area (Å²) >= 11 is 7.73. The predicted octanol–water partition coefficient (Wildman–Crippen LogP) is 4.71. The van der Waals surface area contributed by atoms with Gasteiger partial charge in [-0.25, -0.2) is 0 Å². The zero-order chi connectivity index (χ0) is 17.4. The van der Waals surface area contributed by atoms with Crippen molar-refractivity contribution < 1.29 is 9.53 Å². The van der Waals surface area contributed by atoms with Crippen LogP contribution < -0.4 is 10.1 Å². The molecular weight excluding hydrogens is 342 g/mol. The van der Waals surface area contributed by atoms with Crippen LogP contribution in [0.2, 0.25) is 5.02 Å². The van der Waals surface area contributed by atoms with Crippen molar-refractivity contribution >= 4 is 29.3 Å². The smallest absolute Gasteiger partial charge is 0.261 e. The number of hydrogen-bond acceptors (Lipinski definition) is 3. The third kappa shape index (κ3) is 5.77. The highest BCUT2D eigenvalue weighted by Gasteiger charge is 2.18. The van der Waals surface area contributed by atoms with Gasteiger partial charge in [-0.1, -0.05) is 36.7 Å². The van der Waals surface area contributed by atoms with E-state index in [0.29, 0.717) is 23.7 Å². The summed E-state index contributed by atoms with van der Waals surface area (Å²) in [6.45, 7) is 4.46. The molecule has 128 valence electrons. The molecule has 1 atom stereocenters. The highest BCUT2D eigenvalue weighted by Crippen LogP contribution is 2.22. The first-order valence-corrected chi connectivity index (χ1v) is 9.35. The number of carbonyl (C=O) groups excluding carboxylic acids is 1. The fraction of sp³-hybridized carbons (Fsp3) is 0.316. The SMILES string of the molecule is CCC(Oc1ccc(Cl)c(C)c1)C(=O)NCCSc1ccccc1. The Bertz CT molecular complexity index is 664. The van der Waals surface area contributed by atoms with Crippen LogP contribution in [0.1, 0.15) is 18.9 Å². The van der Waals surface area contributed by atoms with E-state index in [1.807, 2.05) is 38.1 Å². The molecule has 0 fully saturated rings. The van der Waals surface area contributed by atoms with E-state index >= 15 is 0 Å². The van der Waals surface area contributed by atoms with Crippen molar-refractivity contribution in [3.63, 3.8) is 0 Å². The number of nitrogens with one attached hydrogen (secondary N) is 1. The molecule has 0 spiro atoms. The van der Waals surface area contributed by atoms with Crippen LogP contribution in [0.3, 0.4) is 0 Å². The zero-order valence-corrected chi connectivity index (χ0v) is 15.5. The largest absolute Gasteiger partial charge is 0.481 e. The van der Waals surface area contributed by atoms with Gasteiger partial charge in [-0.05, 0) is 49.2 Å². The first-order chi connectivity index (χ1) is 11.6. The number of thioether (sulfide) groups is 1. The summed E-state index contributed by atoms with van der Waals surface area (Å²) < 4.78 is 5.80. The number of aryl methyl sites for hydroxylation is 1. The number of benzene rings is 2. The molecule has 3 nitrogen and oxygen atoms in total. The number of carbonyl (C=O) groups is 1. The summed E-state index contributed by atoms with van der Waals surface area (Å²) in [5.41, 5.74) is 0.934. The molecule has 5 heteroatoms. The van der Waals surface area contributed by atoms with Gasteiger partial charge in [0, 0.05) is 22.2 Å². The molecule has 2 rings (SSSR count). The number of ether oxygens (including phenoxy) is 1. The molecule has 0 aliphatic rings. The van der Waals surface area contributed by atoms with Gasteiger partial charge in [0.25, 0.3) is 5.91 Å². The van der Waals surface area contributed by atoms with Crippen molar-refractivity contribution in [1.82, 2.24) is 5.32 Å². The molecule has 1 N–H and O–H groups in total. The Kier molecular flexibility index (Phi) is 7.47. The van der Waals surface area contributed by atoms with Gasteiger partial charge in [-0.3, -0.25) is 4.79 Å². The summed E-state index contributed by atoms with van der Waals surface area (Å²) in [5, 5.41) is 3.63. The number of rotatable bonds is 8. The van der Waals surface area contributed by atoms with Crippen LogP contribution in [0.25, 0.3) is 0 Å². The van der Waals surface area contributed by atoms with Gasteiger partial charge in [-0.2, -0.15) is 0 Å². The summed E-state index contributed by atoms with van der Waals surface area (Å²) in [6, 6.07) is 15.6. The molecule has 0 saturated carbocycles. The summed E-state index contributed by atoms with van der Waals surface area (Å²) in [4.78, 5) is 13.5. The molecule has 0 saturated heterocycles. The van der Waals surface area contributed by atoms with Gasteiger partial charge >= 0.3 is 0 Å². The van der Waals surface area contributed by atoms with Crippen LogP contribution in [0.15, 0.2) is 53.4 Å². The second kappa shape index (κ2) is 9.60. The van der Waals surface area contributed by atoms with Crippen LogP contribution in [-0.2, 0) is 4.79 Å². The Balaban J connectivity index is 1.79. The Morgan fingerprint density at radius 1 is 1.25 bits per heavy atom. The quantitative estimate of drug-likeness (QED) is 0.545. The van der Waals surface area contributed by atoms with Gasteiger partial charge in [0.2, 0.25) is 0 Å². The Morgan fingerprint density at radius 3 is 2.67 bits per heavy atom. The van der Waals surface area contributed by atoms with E-state index in [2.05, 4.69) is 17.4 Å². The molecule has 0 bridgehead atoms. The van der Waals surface area contributed by atoms with Crippen molar-refractivity contribution in [3.05, 3.63) is 59.1 Å². The van der Waals surface area contributed by atoms with E-state index in [-0.39, 0.29) is 5.91 Å². The maximum absolute atomic E-state index is 12.3. The molecule has 0 aliphatic heterocycles. The van der Waals surface area contributed by atoms with Gasteiger partial charge in [0.15, 0.2) is 6.10 Å². The monoisotopic (exact) mass is 363 g/mol. The third-order valence-electron chi connectivity index (χ3n) is 3.48. The maximum Gasteiger partial charge on any atom is 0.261 e. The minimum Gasteiger partial charge on any atom is -0.481 e. The zero-order valence-electron chi connectivity index (χ0n) is 13.9. The van der Waals surface area contributed by atoms with Crippen LogP contribution in [-0.4, -0.2) is 24.3 Å². The molecule has 1 amide bonds. The first kappa shape index (κ1) is 18.7. The molecule has 0 radical (unpaired) electrons. The minimum absolute atomic E-state index is 0.0845. The topological polar surface area (TPSA) is 38.3 Å². The van der Waals surface area contributed by atoms with E-state index in [0.717, 1.165) is 11.3 Å². The number of amides is 1. The normalized spacial score (nSPS) is 11.8. The van der Waals surface area contributed by atoms with Crippen molar-refractivity contribution in [3.8, 4) is 5.75 Å². The standard InChI is InChI=1S/C19H22ClNO2S/c1-3-18(23-15-9-10-17(20)14(2)13-15)19(22)21-11-12-24-16-7-5-4-6-8-16/h4-10,13,18H,3,11-12H2,1-2H3,(H,21,22). The van der Waals surface area contributed by atoms with Crippen molar-refractivity contribution in [2.45, 2.75) is 31.3 Å². The maximum atomic E-state index is 12.3. The summed E-state index contributed by atoms with van der Waals surface area (Å²) in [5.74, 6) is 1.41. The molecule has 0 aliphatic carbocycles. The Labute approximate surface area is 152 Å². The van der Waals surface area contributed by atoms with E-state index in [9.17, 15) is 4.79 Å². The second-order valence-corrected chi connectivity index (χ2v) is 6.95. The second-order valence-electron chi connectivity index (χ2n) is 5.38. The van der Waals surface area contributed by atoms with Crippen LogP contribution >= 0.6 is 23.4 Å². The van der Waals surface area contributed by atoms with Crippen LogP contribution in [0.5, 0.6) is 5.75 Å². The van der Waals surface area contributed by atoms with Crippen molar-refractivity contribution in [2.24, 2.45) is 0 Å². The van der Waals surface area contributed by atoms with Crippen molar-refractivity contribution in [1.29, 1.82) is 0 Å². The van der Waals surface area contributed by atoms with Gasteiger partial charge < -0.3 is 10.1 Å². The average Bonchev–Trinajstić information content (AvgIpc) is 2.60. The van der Waals surface area contributed by atoms with Crippen LogP contribution in [0.4, 0.5) is 0 Å². The van der Waals surface area contributed by atoms with Crippen LogP contribution in [0, 0.1) is 6.92 Å². The fourth-order valence-electron chi connectivity index (χ4n) is 2.15. The predicted molar refractivity (Wildman–Crippen MR) is 101 cm³/mol. The molecule has 0 heterocycles. The average molecular weight is 364 g/mol. The van der Waals surface area contributed by atoms with E-state index in [1.165, 1.54) is 4.90 Å². The van der Waals surface area contributed by atoms with E-state index in [4.69, 9.17) is 16.3 Å². The van der Waals surface area contributed by atoms with Crippen molar-refractivity contribution in [2.75, 3.05) is 12.3 Å². The molecule has 2 aromatic carbocycles. The lowest BCUT2D eigenvalue weighted by Gasteiger charge is -2.17. The molecule has 2 aromatic rings. The summed E-state index contributed by atoms with van der Waals surface area (Å²) in [7, 11) is 0. The van der Waals surface area contributed by atoms with Gasteiger partial charge in [-0.15, -0.1) is 11.8 Å². The highest BCUT2D eigenvalue weighted by molar-refractivity contribution is 7.99. The minimum atomic E-state index is -0.493. The lowest BCUT2D eigenvalue weighted by Crippen LogP contribution is -2.39. The lowest BCUT2D eigenvalue weighted by atomic mass is 10.2. The highest BCUT2D eigenvalue weighted by atomic mass is 35.5. The molecule has 24 heavy (non-hydrogen) atoms. The Hall–Kier alpha value is -1.65. The van der Waals surface area contributed by atoms with Gasteiger partial charge in [0.1, 0.15) is 5.75 Å². The third-order valence-corrected chi connectivity index (χ3v) is 4.92. The van der Waals surface area contributed by atoms with E-state index in [1.54, 1.807) is 23.9 Å².